The van der Waals surface area contributed by atoms with Gasteiger partial charge < -0.3 is 10.3 Å². The highest BCUT2D eigenvalue weighted by Crippen LogP contribution is 2.24. The van der Waals surface area contributed by atoms with Gasteiger partial charge in [0.05, 0.1) is 5.69 Å². The van der Waals surface area contributed by atoms with Gasteiger partial charge in [0.15, 0.2) is 5.82 Å². The van der Waals surface area contributed by atoms with E-state index in [2.05, 4.69) is 50.7 Å². The van der Waals surface area contributed by atoms with Crippen molar-refractivity contribution < 1.29 is 0 Å². The van der Waals surface area contributed by atoms with E-state index in [0.717, 1.165) is 46.8 Å². The van der Waals surface area contributed by atoms with Gasteiger partial charge in [0.2, 0.25) is 0 Å². The molecule has 0 radical (unpaired) electrons. The predicted octanol–water partition coefficient (Wildman–Crippen LogP) is 5.04. The number of para-hydroxylation sites is 1. The number of anilines is 1. The number of hydrogen-bond donors (Lipinski definition) is 2. The summed E-state index contributed by atoms with van der Waals surface area (Å²) in [5, 5.41) is 4.73. The smallest absolute Gasteiger partial charge is 0.180 e. The molecule has 1 aromatic carbocycles. The first-order valence-electron chi connectivity index (χ1n) is 10.3. The maximum absolute atomic E-state index is 4.76. The first kappa shape index (κ1) is 18.9. The second kappa shape index (κ2) is 8.36. The van der Waals surface area contributed by atoms with Crippen LogP contribution in [0.1, 0.15) is 11.1 Å². The lowest BCUT2D eigenvalue weighted by molar-refractivity contribution is 1.01. The molecule has 0 aliphatic carbocycles. The fourth-order valence-corrected chi connectivity index (χ4v) is 3.65. The lowest BCUT2D eigenvalue weighted by Gasteiger charge is -2.10. The Bertz CT molecular complexity index is 1330. The summed E-state index contributed by atoms with van der Waals surface area (Å²) in [6, 6.07) is 18.1. The van der Waals surface area contributed by atoms with Crippen molar-refractivity contribution in [2.75, 3.05) is 11.9 Å². The molecule has 6 nitrogen and oxygen atoms in total. The van der Waals surface area contributed by atoms with Gasteiger partial charge in [-0.1, -0.05) is 24.3 Å². The molecule has 0 fully saturated rings. The van der Waals surface area contributed by atoms with Gasteiger partial charge in [-0.05, 0) is 48.7 Å². The van der Waals surface area contributed by atoms with Crippen LogP contribution in [0, 0.1) is 6.92 Å². The maximum atomic E-state index is 4.76. The molecule has 31 heavy (non-hydrogen) atoms. The number of pyridine rings is 2. The molecule has 5 aromatic rings. The van der Waals surface area contributed by atoms with E-state index >= 15 is 0 Å². The molecule has 0 unspecified atom stereocenters. The molecular weight excluding hydrogens is 384 g/mol. The van der Waals surface area contributed by atoms with Gasteiger partial charge in [0, 0.05) is 53.9 Å². The number of aryl methyl sites for hydroxylation is 1. The van der Waals surface area contributed by atoms with Crippen LogP contribution in [-0.2, 0) is 6.42 Å². The molecule has 0 aliphatic heterocycles. The molecule has 4 aromatic heterocycles. The predicted molar refractivity (Wildman–Crippen MR) is 124 cm³/mol. The van der Waals surface area contributed by atoms with Crippen LogP contribution in [-0.4, -0.2) is 31.5 Å². The normalized spacial score (nSPS) is 11.0. The van der Waals surface area contributed by atoms with Crippen LogP contribution in [0.25, 0.3) is 33.7 Å². The summed E-state index contributed by atoms with van der Waals surface area (Å²) in [5.74, 6) is 1.36. The number of rotatable bonds is 6. The Morgan fingerprint density at radius 3 is 2.71 bits per heavy atom. The molecule has 0 bridgehead atoms. The van der Waals surface area contributed by atoms with Crippen LogP contribution in [0.3, 0.4) is 0 Å². The van der Waals surface area contributed by atoms with E-state index in [-0.39, 0.29) is 0 Å². The quantitative estimate of drug-likeness (QED) is 0.413. The van der Waals surface area contributed by atoms with Gasteiger partial charge in [0.25, 0.3) is 0 Å². The first-order chi connectivity index (χ1) is 15.3. The number of H-pyrrole nitrogens is 1. The molecule has 4 heterocycles. The number of nitrogens with one attached hydrogen (secondary N) is 2. The molecule has 0 aliphatic rings. The average molecular weight is 406 g/mol. The molecule has 6 heteroatoms. The Balaban J connectivity index is 1.43. The molecule has 5 rings (SSSR count). The third kappa shape index (κ3) is 4.14. The fourth-order valence-electron chi connectivity index (χ4n) is 3.65. The van der Waals surface area contributed by atoms with Gasteiger partial charge in [-0.15, -0.1) is 0 Å². The molecule has 2 N–H and O–H groups in total. The highest BCUT2D eigenvalue weighted by atomic mass is 15.0. The van der Waals surface area contributed by atoms with Crippen LogP contribution in [0.4, 0.5) is 5.82 Å². The van der Waals surface area contributed by atoms with Gasteiger partial charge in [-0.3, -0.25) is 9.97 Å². The summed E-state index contributed by atoms with van der Waals surface area (Å²) in [6.07, 6.45) is 8.38. The summed E-state index contributed by atoms with van der Waals surface area (Å²) < 4.78 is 0. The number of aromatic nitrogens is 5. The van der Waals surface area contributed by atoms with Crippen LogP contribution >= 0.6 is 0 Å². The zero-order valence-electron chi connectivity index (χ0n) is 17.2. The molecule has 0 saturated carbocycles. The van der Waals surface area contributed by atoms with Crippen molar-refractivity contribution in [3.05, 3.63) is 90.5 Å². The largest absolute Gasteiger partial charge is 0.370 e. The summed E-state index contributed by atoms with van der Waals surface area (Å²) in [7, 11) is 0. The average Bonchev–Trinajstić information content (AvgIpc) is 3.23. The summed E-state index contributed by atoms with van der Waals surface area (Å²) in [5.41, 5.74) is 6.05. The molecule has 152 valence electrons. The molecule has 0 atom stereocenters. The van der Waals surface area contributed by atoms with Crippen molar-refractivity contribution in [3.63, 3.8) is 0 Å². The van der Waals surface area contributed by atoms with E-state index < -0.39 is 0 Å². The highest BCUT2D eigenvalue weighted by Gasteiger charge is 2.11. The van der Waals surface area contributed by atoms with E-state index in [1.807, 2.05) is 49.6 Å². The molecule has 0 amide bonds. The fraction of sp³-hybridized carbons (Fsp3) is 0.120. The topological polar surface area (TPSA) is 79.4 Å². The minimum atomic E-state index is 0.592. The summed E-state index contributed by atoms with van der Waals surface area (Å²) in [6.45, 7) is 2.78. The lowest BCUT2D eigenvalue weighted by Crippen LogP contribution is -2.08. The van der Waals surface area contributed by atoms with Crippen LogP contribution in [0.15, 0.2) is 79.4 Å². The van der Waals surface area contributed by atoms with Crippen molar-refractivity contribution in [3.8, 4) is 22.8 Å². The Labute approximate surface area is 180 Å². The summed E-state index contributed by atoms with van der Waals surface area (Å²) >= 11 is 0. The highest BCUT2D eigenvalue weighted by molar-refractivity contribution is 5.83. The van der Waals surface area contributed by atoms with E-state index in [1.165, 1.54) is 10.9 Å². The lowest BCUT2D eigenvalue weighted by atomic mass is 10.1. The van der Waals surface area contributed by atoms with Gasteiger partial charge in [-0.25, -0.2) is 9.97 Å². The Morgan fingerprint density at radius 2 is 1.84 bits per heavy atom. The molecular formula is C25H22N6. The third-order valence-corrected chi connectivity index (χ3v) is 5.17. The second-order valence-corrected chi connectivity index (χ2v) is 7.46. The number of nitrogens with zero attached hydrogens (tertiary/aromatic N) is 4. The van der Waals surface area contributed by atoms with Crippen LogP contribution in [0.5, 0.6) is 0 Å². The zero-order valence-corrected chi connectivity index (χ0v) is 17.2. The Kier molecular flexibility index (Phi) is 5.10. The second-order valence-electron chi connectivity index (χ2n) is 7.46. The standard InChI is InChI=1S/C25H22N6/c1-17-12-19(15-26-14-17)23-13-24(31-25(30-23)22-8-4-5-10-27-22)28-11-9-18-16-29-21-7-3-2-6-20(18)21/h2-8,10,12-16,29H,9,11H2,1H3,(H,28,30,31). The van der Waals surface area contributed by atoms with Gasteiger partial charge in [-0.2, -0.15) is 0 Å². The first-order valence-corrected chi connectivity index (χ1v) is 10.3. The third-order valence-electron chi connectivity index (χ3n) is 5.17. The number of fused-ring (bicyclic) bond motifs is 1. The van der Waals surface area contributed by atoms with E-state index in [9.17, 15) is 0 Å². The number of hydrogen-bond acceptors (Lipinski definition) is 5. The van der Waals surface area contributed by atoms with Crippen molar-refractivity contribution in [1.29, 1.82) is 0 Å². The van der Waals surface area contributed by atoms with Crippen molar-refractivity contribution in [2.45, 2.75) is 13.3 Å². The van der Waals surface area contributed by atoms with Crippen LogP contribution in [0.2, 0.25) is 0 Å². The van der Waals surface area contributed by atoms with E-state index in [0.29, 0.717) is 5.82 Å². The maximum Gasteiger partial charge on any atom is 0.180 e. The minimum Gasteiger partial charge on any atom is -0.370 e. The van der Waals surface area contributed by atoms with Gasteiger partial charge >= 0.3 is 0 Å². The van der Waals surface area contributed by atoms with Crippen molar-refractivity contribution in [1.82, 2.24) is 24.9 Å². The van der Waals surface area contributed by atoms with Crippen molar-refractivity contribution in [2.24, 2.45) is 0 Å². The minimum absolute atomic E-state index is 0.592. The number of benzene rings is 1. The van der Waals surface area contributed by atoms with Crippen molar-refractivity contribution >= 4 is 16.7 Å². The monoisotopic (exact) mass is 406 g/mol. The van der Waals surface area contributed by atoms with Gasteiger partial charge in [0.1, 0.15) is 11.5 Å². The Morgan fingerprint density at radius 1 is 0.935 bits per heavy atom. The molecule has 0 saturated heterocycles. The van der Waals surface area contributed by atoms with E-state index in [4.69, 9.17) is 9.97 Å². The van der Waals surface area contributed by atoms with Crippen LogP contribution < -0.4 is 5.32 Å². The Hall–Kier alpha value is -4.06. The number of aromatic amines is 1. The molecule has 0 spiro atoms. The SMILES string of the molecule is Cc1cncc(-c2cc(NCCc3c[nH]c4ccccc34)nc(-c3ccccn3)n2)c1. The van der Waals surface area contributed by atoms with E-state index in [1.54, 1.807) is 6.20 Å². The summed E-state index contributed by atoms with van der Waals surface area (Å²) in [4.78, 5) is 21.6. The zero-order chi connectivity index (χ0) is 21.0.